The van der Waals surface area contributed by atoms with E-state index in [-0.39, 0.29) is 46.1 Å². The maximum atomic E-state index is 13.1. The molecule has 17 nitrogen and oxygen atoms in total. The van der Waals surface area contributed by atoms with Gasteiger partial charge in [0.25, 0.3) is 28.9 Å². The summed E-state index contributed by atoms with van der Waals surface area (Å²) < 4.78 is 2.78. The third-order valence-electron chi connectivity index (χ3n) is 5.88. The Labute approximate surface area is 242 Å². The lowest BCUT2D eigenvalue weighted by molar-refractivity contribution is -0.661. The molecule has 2 amide bonds. The summed E-state index contributed by atoms with van der Waals surface area (Å²) >= 11 is 3.52. The third kappa shape index (κ3) is 5.35. The van der Waals surface area contributed by atoms with Gasteiger partial charge in [0.15, 0.2) is 17.4 Å². The van der Waals surface area contributed by atoms with Gasteiger partial charge in [0, 0.05) is 22.0 Å². The van der Waals surface area contributed by atoms with Crippen molar-refractivity contribution < 1.29 is 38.8 Å². The van der Waals surface area contributed by atoms with Gasteiger partial charge in [-0.15, -0.1) is 23.1 Å². The lowest BCUT2D eigenvalue weighted by Gasteiger charge is -2.49. The summed E-state index contributed by atoms with van der Waals surface area (Å²) in [6.45, 7) is -0.338. The highest BCUT2D eigenvalue weighted by molar-refractivity contribution is 8.01. The van der Waals surface area contributed by atoms with Crippen LogP contribution >= 0.6 is 34.9 Å². The Morgan fingerprint density at radius 1 is 1.32 bits per heavy atom. The highest BCUT2D eigenvalue weighted by Gasteiger charge is 2.54. The predicted octanol–water partition coefficient (Wildman–Crippen LogP) is -1.40. The second kappa shape index (κ2) is 11.2. The monoisotopic (exact) mass is 621 g/mol. The maximum absolute atomic E-state index is 13.1. The maximum Gasteiger partial charge on any atom is 0.352 e. The number of hydrogen-bond acceptors (Lipinski definition) is 14. The molecular formula is C21H21N10O7S3+. The van der Waals surface area contributed by atoms with Crippen LogP contribution in [0.1, 0.15) is 5.69 Å². The Morgan fingerprint density at radius 2 is 2.10 bits per heavy atom. The molecule has 2 aliphatic rings. The molecule has 0 saturated carbocycles. The summed E-state index contributed by atoms with van der Waals surface area (Å²) in [6.07, 6.45) is 1.33. The zero-order valence-electron chi connectivity index (χ0n) is 21.0. The quantitative estimate of drug-likeness (QED) is 0.0437. The van der Waals surface area contributed by atoms with Gasteiger partial charge in [-0.1, -0.05) is 16.9 Å². The summed E-state index contributed by atoms with van der Waals surface area (Å²) in [5.74, 6) is -3.19. The number of β-lactam (4-membered cyclic amide) rings is 1. The van der Waals surface area contributed by atoms with E-state index in [0.717, 1.165) is 28.0 Å². The molecule has 3 aromatic heterocycles. The summed E-state index contributed by atoms with van der Waals surface area (Å²) in [7, 11) is 1.25. The molecule has 1 fully saturated rings. The summed E-state index contributed by atoms with van der Waals surface area (Å²) in [4.78, 5) is 63.6. The SMILES string of the molecule is CO/N=C(\C(=O)NC1C(=O)N2C(C(=O)O)=C(CSc3nc(N)cc4n3nc[n+]4CC(=O)O)CS[C@@H]12)c1csc(N)n1. The molecule has 5 rings (SSSR count). The number of amides is 2. The molecule has 0 aromatic carbocycles. The second-order valence-corrected chi connectivity index (χ2v) is 11.4. The molecule has 0 bridgehead atoms. The van der Waals surface area contributed by atoms with E-state index >= 15 is 0 Å². The fourth-order valence-corrected chi connectivity index (χ4v) is 7.17. The van der Waals surface area contributed by atoms with Gasteiger partial charge in [-0.05, 0) is 10.1 Å². The van der Waals surface area contributed by atoms with Crippen LogP contribution in [0.25, 0.3) is 5.65 Å². The first kappa shape index (κ1) is 28.1. The van der Waals surface area contributed by atoms with Crippen molar-refractivity contribution in [1.82, 2.24) is 29.8 Å². The van der Waals surface area contributed by atoms with Gasteiger partial charge in [0.05, 0.1) is 6.07 Å². The first-order chi connectivity index (χ1) is 19.6. The van der Waals surface area contributed by atoms with Crippen LogP contribution in [0.15, 0.2) is 39.4 Å². The van der Waals surface area contributed by atoms with E-state index < -0.39 is 35.2 Å². The fourth-order valence-electron chi connectivity index (χ4n) is 4.18. The van der Waals surface area contributed by atoms with Crippen LogP contribution in [0, 0.1) is 0 Å². The topological polar surface area (TPSA) is 245 Å². The molecule has 1 unspecified atom stereocenters. The third-order valence-corrected chi connectivity index (χ3v) is 8.91. The van der Waals surface area contributed by atoms with E-state index in [0.29, 0.717) is 16.4 Å². The van der Waals surface area contributed by atoms with Crippen LogP contribution in [-0.4, -0.2) is 94.2 Å². The largest absolute Gasteiger partial charge is 0.479 e. The Bertz CT molecular complexity index is 1650. The van der Waals surface area contributed by atoms with Gasteiger partial charge in [0.1, 0.15) is 35.7 Å². The zero-order valence-corrected chi connectivity index (χ0v) is 23.4. The first-order valence-electron chi connectivity index (χ1n) is 11.5. The number of anilines is 2. The second-order valence-electron chi connectivity index (χ2n) is 8.49. The number of carboxylic acids is 2. The lowest BCUT2D eigenvalue weighted by atomic mass is 10.0. The number of rotatable bonds is 10. The van der Waals surface area contributed by atoms with E-state index in [1.54, 1.807) is 0 Å². The highest BCUT2D eigenvalue weighted by atomic mass is 32.2. The van der Waals surface area contributed by atoms with Gasteiger partial charge < -0.3 is 31.8 Å². The summed E-state index contributed by atoms with van der Waals surface area (Å²) in [5, 5.41) is 31.0. The van der Waals surface area contributed by atoms with E-state index in [2.05, 4.69) is 25.5 Å². The lowest BCUT2D eigenvalue weighted by Crippen LogP contribution is -2.71. The Hall–Kier alpha value is -4.43. The minimum Gasteiger partial charge on any atom is -0.479 e. The van der Waals surface area contributed by atoms with Crippen molar-refractivity contribution >= 4 is 80.9 Å². The molecule has 7 N–H and O–H groups in total. The van der Waals surface area contributed by atoms with E-state index in [9.17, 15) is 24.3 Å². The Kier molecular flexibility index (Phi) is 7.69. The highest BCUT2D eigenvalue weighted by Crippen LogP contribution is 2.41. The number of fused-ring (bicyclic) bond motifs is 2. The minimum atomic E-state index is -1.30. The normalized spacial score (nSPS) is 18.7. The van der Waals surface area contributed by atoms with Crippen LogP contribution in [-0.2, 0) is 30.6 Å². The first-order valence-corrected chi connectivity index (χ1v) is 14.4. The number of aromatic nitrogens is 5. The molecule has 0 spiro atoms. The van der Waals surface area contributed by atoms with Crippen molar-refractivity contribution in [3.63, 3.8) is 0 Å². The number of carbonyl (C=O) groups excluding carboxylic acids is 2. The average molecular weight is 622 g/mol. The molecule has 2 atom stereocenters. The average Bonchev–Trinajstić information content (AvgIpc) is 3.53. The van der Waals surface area contributed by atoms with Crippen molar-refractivity contribution in [2.24, 2.45) is 5.16 Å². The van der Waals surface area contributed by atoms with E-state index in [1.165, 1.54) is 45.7 Å². The van der Waals surface area contributed by atoms with Gasteiger partial charge in [-0.3, -0.25) is 14.5 Å². The van der Waals surface area contributed by atoms with Crippen molar-refractivity contribution in [2.45, 2.75) is 23.1 Å². The molecule has 41 heavy (non-hydrogen) atoms. The molecule has 0 radical (unpaired) electrons. The van der Waals surface area contributed by atoms with Crippen LogP contribution in [0.5, 0.6) is 0 Å². The van der Waals surface area contributed by atoms with E-state index in [1.807, 2.05) is 0 Å². The fraction of sp³-hybridized carbons (Fsp3) is 0.286. The minimum absolute atomic E-state index is 0.124. The molecule has 1 saturated heterocycles. The van der Waals surface area contributed by atoms with Crippen LogP contribution in [0.2, 0.25) is 0 Å². The van der Waals surface area contributed by atoms with E-state index in [4.69, 9.17) is 21.4 Å². The van der Waals surface area contributed by atoms with Gasteiger partial charge in [-0.2, -0.15) is 4.98 Å². The van der Waals surface area contributed by atoms with Crippen LogP contribution in [0.4, 0.5) is 10.9 Å². The summed E-state index contributed by atoms with van der Waals surface area (Å²) in [6, 6.07) is 0.473. The smallest absolute Gasteiger partial charge is 0.352 e. The van der Waals surface area contributed by atoms with Crippen LogP contribution in [0.3, 0.4) is 0 Å². The number of hydrogen-bond donors (Lipinski definition) is 5. The number of nitrogen functional groups attached to an aromatic ring is 2. The molecule has 3 aromatic rings. The Morgan fingerprint density at radius 3 is 2.76 bits per heavy atom. The molecule has 2 aliphatic heterocycles. The predicted molar refractivity (Wildman–Crippen MR) is 146 cm³/mol. The van der Waals surface area contributed by atoms with Crippen molar-refractivity contribution in [3.05, 3.63) is 34.7 Å². The van der Waals surface area contributed by atoms with Gasteiger partial charge >= 0.3 is 11.9 Å². The van der Waals surface area contributed by atoms with Crippen molar-refractivity contribution in [1.29, 1.82) is 0 Å². The number of aliphatic carboxylic acids is 2. The number of carboxylic acid groups (broad SMARTS) is 2. The number of oxime groups is 1. The Balaban J connectivity index is 1.34. The van der Waals surface area contributed by atoms with Gasteiger partial charge in [0.2, 0.25) is 0 Å². The number of thioether (sulfide) groups is 2. The molecular weight excluding hydrogens is 600 g/mol. The molecule has 0 aliphatic carbocycles. The number of nitrogens with two attached hydrogens (primary N) is 2. The number of carbonyl (C=O) groups is 4. The zero-order chi connectivity index (χ0) is 29.4. The number of nitrogens with zero attached hydrogens (tertiary/aromatic N) is 7. The molecule has 5 heterocycles. The number of nitrogens with one attached hydrogen (secondary N) is 1. The standard InChI is InChI=1S/C21H20N10O7S3/c1-38-28-13(9-6-40-20(23)25-9)16(34)27-14-17(35)30-15(19(36)37)8(4-39-18(14)30)5-41-21-26-10(22)2-11-29(3-12(32)33)7-24-31(11)21/h2,6-7,14,18,22H,3-5H2,1H3,(H5,23,25,27,32,33,34,36,37)/p+1/b28-13-/t14?,18-/m0/s1. The van der Waals surface area contributed by atoms with Crippen LogP contribution < -0.4 is 21.4 Å². The molecule has 214 valence electrons. The van der Waals surface area contributed by atoms with Crippen molar-refractivity contribution in [2.75, 3.05) is 30.1 Å². The van der Waals surface area contributed by atoms with Gasteiger partial charge in [-0.25, -0.2) is 19.1 Å². The summed E-state index contributed by atoms with van der Waals surface area (Å²) in [5.41, 5.74) is 12.2. The van der Waals surface area contributed by atoms with Crippen molar-refractivity contribution in [3.8, 4) is 0 Å². The number of thiazole rings is 1. The molecule has 20 heteroatoms.